The summed E-state index contributed by atoms with van der Waals surface area (Å²) in [4.78, 5) is 32.7. The molecule has 0 fully saturated rings. The van der Waals surface area contributed by atoms with Crippen LogP contribution in [0.4, 0.5) is 0 Å². The summed E-state index contributed by atoms with van der Waals surface area (Å²) in [5.41, 5.74) is 14.0. The number of halogens is 4. The molecule has 4 unspecified atom stereocenters. The number of rotatable bonds is 10. The number of aromatic nitrogens is 4. The Balaban J connectivity index is 1.23. The maximum Gasteiger partial charge on any atom is 0.184 e. The lowest BCUT2D eigenvalue weighted by atomic mass is 9.85. The maximum absolute atomic E-state index is 7.11. The van der Waals surface area contributed by atoms with Crippen molar-refractivity contribution in [2.24, 2.45) is 10.3 Å². The van der Waals surface area contributed by atoms with Gasteiger partial charge in [-0.1, -0.05) is 117 Å². The molecule has 4 atom stereocenters. The van der Waals surface area contributed by atoms with Crippen molar-refractivity contribution in [1.29, 1.82) is 0 Å². The zero-order chi connectivity index (χ0) is 53.3. The van der Waals surface area contributed by atoms with Gasteiger partial charge in [0.05, 0.1) is 83.1 Å². The van der Waals surface area contributed by atoms with Crippen molar-refractivity contribution in [2.45, 2.75) is 24.0 Å². The second kappa shape index (κ2) is 20.0. The van der Waals surface area contributed by atoms with Gasteiger partial charge in [0.25, 0.3) is 0 Å². The van der Waals surface area contributed by atoms with Crippen LogP contribution in [-0.4, -0.2) is 59.8 Å². The second-order valence-electron chi connectivity index (χ2n) is 18.9. The van der Waals surface area contributed by atoms with E-state index in [0.29, 0.717) is 88.4 Å². The molecule has 4 aliphatic heterocycles. The van der Waals surface area contributed by atoms with Crippen LogP contribution in [0.2, 0.25) is 20.1 Å². The van der Waals surface area contributed by atoms with Gasteiger partial charge in [-0.15, -0.1) is 0 Å². The number of aromatic amines is 2. The molecule has 0 amide bonds. The van der Waals surface area contributed by atoms with E-state index in [9.17, 15) is 0 Å². The molecule has 4 aliphatic rings. The second-order valence-corrected chi connectivity index (χ2v) is 20.5. The minimum absolute atomic E-state index is 0.419. The van der Waals surface area contributed by atoms with Crippen LogP contribution in [0, 0.1) is 0 Å². The largest absolute Gasteiger partial charge is 0.497 e. The van der Waals surface area contributed by atoms with Gasteiger partial charge in [-0.2, -0.15) is 0 Å². The number of methoxy groups -OCH3 is 4. The number of hydrogen-bond acceptors (Lipinski definition) is 10. The Morgan fingerprint density at radius 3 is 0.885 bits per heavy atom. The van der Waals surface area contributed by atoms with Crippen molar-refractivity contribution < 1.29 is 28.6 Å². The molecule has 0 spiro atoms. The van der Waals surface area contributed by atoms with Crippen LogP contribution in [-0.2, 0) is 9.68 Å². The predicted molar refractivity (Wildman–Crippen MR) is 308 cm³/mol. The third-order valence-electron chi connectivity index (χ3n) is 14.8. The van der Waals surface area contributed by atoms with Gasteiger partial charge in [-0.05, 0) is 119 Å². The Morgan fingerprint density at radius 1 is 0.346 bits per heavy atom. The van der Waals surface area contributed by atoms with Crippen molar-refractivity contribution in [3.8, 4) is 67.5 Å². The zero-order valence-corrected chi connectivity index (χ0v) is 45.1. The SMILES string of the molecule is COc1ccc(-c2c3nc(c(-c4ccc(OC)cc4)c4ccc([nH]4)c(-c4ccc(OC)cc4)c4nc(c(-c5ccc(OC)cc5)c5ccc2[nH]5)C2ON=C(c5c(Cl)cccc5Cl)C42)C2C(c4c(Cl)cccc4Cl)=NOC32)cc1. The summed E-state index contributed by atoms with van der Waals surface area (Å²) < 4.78 is 22.8. The molecule has 0 saturated heterocycles. The maximum atomic E-state index is 7.11. The lowest BCUT2D eigenvalue weighted by Crippen LogP contribution is -2.14. The third-order valence-corrected chi connectivity index (χ3v) is 16.0. The molecule has 0 aliphatic carbocycles. The molecule has 386 valence electrons. The Kier molecular flexibility index (Phi) is 12.6. The lowest BCUT2D eigenvalue weighted by Gasteiger charge is -2.17. The van der Waals surface area contributed by atoms with Crippen molar-refractivity contribution in [3.05, 3.63) is 212 Å². The minimum Gasteiger partial charge on any atom is -0.497 e. The summed E-state index contributed by atoms with van der Waals surface area (Å²) in [5.74, 6) is 1.48. The van der Waals surface area contributed by atoms with Gasteiger partial charge >= 0.3 is 0 Å². The van der Waals surface area contributed by atoms with E-state index in [4.69, 9.17) is 95.3 Å². The molecule has 9 aromatic rings. The first-order chi connectivity index (χ1) is 38.1. The smallest absolute Gasteiger partial charge is 0.184 e. The molecule has 16 heteroatoms. The summed E-state index contributed by atoms with van der Waals surface area (Å²) in [6.45, 7) is 0. The Hall–Kier alpha value is -8.26. The average Bonchev–Trinajstić information content (AvgIpc) is 4.40. The topological polar surface area (TPSA) is 137 Å². The Labute approximate surface area is 467 Å². The fourth-order valence-corrected chi connectivity index (χ4v) is 12.3. The normalized spacial score (nSPS) is 17.1. The number of hydrogen-bond donors (Lipinski definition) is 2. The van der Waals surface area contributed by atoms with E-state index in [1.807, 2.05) is 121 Å². The van der Waals surface area contributed by atoms with Crippen LogP contribution in [0.1, 0.15) is 57.9 Å². The molecule has 6 aromatic carbocycles. The predicted octanol–water partition coefficient (Wildman–Crippen LogP) is 16.1. The van der Waals surface area contributed by atoms with Gasteiger partial charge in [0.2, 0.25) is 0 Å². The number of fused-ring (bicyclic) bond motifs is 14. The zero-order valence-electron chi connectivity index (χ0n) is 42.1. The number of benzene rings is 6. The highest BCUT2D eigenvalue weighted by Crippen LogP contribution is 2.55. The van der Waals surface area contributed by atoms with Crippen LogP contribution in [0.5, 0.6) is 23.0 Å². The van der Waals surface area contributed by atoms with Crippen molar-refractivity contribution in [2.75, 3.05) is 28.4 Å². The number of nitrogens with zero attached hydrogens (tertiary/aromatic N) is 4. The molecule has 13 rings (SSSR count). The summed E-state index contributed by atoms with van der Waals surface area (Å²) in [6, 6.07) is 50.6. The van der Waals surface area contributed by atoms with E-state index in [1.165, 1.54) is 0 Å². The van der Waals surface area contributed by atoms with Gasteiger partial charge in [-0.3, -0.25) is 9.97 Å². The molecule has 12 nitrogen and oxygen atoms in total. The van der Waals surface area contributed by atoms with Crippen LogP contribution in [0.3, 0.4) is 0 Å². The molecule has 7 heterocycles. The van der Waals surface area contributed by atoms with Gasteiger partial charge < -0.3 is 38.6 Å². The fraction of sp³-hybridized carbons (Fsp3) is 0.129. The van der Waals surface area contributed by atoms with Crippen LogP contribution in [0.25, 0.3) is 66.6 Å². The van der Waals surface area contributed by atoms with Gasteiger partial charge in [-0.25, -0.2) is 0 Å². The molecule has 78 heavy (non-hydrogen) atoms. The van der Waals surface area contributed by atoms with Crippen molar-refractivity contribution in [3.63, 3.8) is 0 Å². The summed E-state index contributed by atoms with van der Waals surface area (Å²) >= 11 is 28.4. The number of oxime groups is 2. The molecule has 2 N–H and O–H groups in total. The molecule has 3 aromatic heterocycles. The summed E-state index contributed by atoms with van der Waals surface area (Å²) in [5, 5.41) is 11.4. The number of ether oxygens (including phenoxy) is 4. The first-order valence-electron chi connectivity index (χ1n) is 24.9. The van der Waals surface area contributed by atoms with Gasteiger partial charge in [0.1, 0.15) is 34.4 Å². The molecular formula is C62H44Cl4N6O6. The van der Waals surface area contributed by atoms with E-state index in [1.54, 1.807) is 52.7 Å². The number of nitrogens with one attached hydrogen (secondary N) is 2. The van der Waals surface area contributed by atoms with E-state index in [-0.39, 0.29) is 0 Å². The van der Waals surface area contributed by atoms with E-state index < -0.39 is 24.0 Å². The minimum atomic E-state index is -0.758. The quantitative estimate of drug-likeness (QED) is 0.138. The van der Waals surface area contributed by atoms with Gasteiger partial charge in [0, 0.05) is 55.4 Å². The van der Waals surface area contributed by atoms with Crippen LogP contribution >= 0.6 is 46.4 Å². The standard InChI is InChI=1S/C62H44Cl4N6O6/c1-73-35-19-11-31(12-20-35)47-43-27-28-44(67-43)48(32-13-21-36(74-2)22-14-32)56-54-58(52-41(65)9-6-10-42(52)66)72-78-62(54)60(70-56)50(34-17-25-38(76-4)26-18-34)46-30-29-45(68-46)49(33-15-23-37(75-3)24-16-33)59-61-53(55(47)69-59)57(71-77-61)51-39(63)7-5-8-40(51)64/h5-30,53-54,61-62,67-68H,1-4H3. The molecule has 0 saturated carbocycles. The van der Waals surface area contributed by atoms with E-state index in [2.05, 4.69) is 22.1 Å². The third kappa shape index (κ3) is 8.21. The Bertz CT molecular complexity index is 3800. The average molecular weight is 1110 g/mol. The highest BCUT2D eigenvalue weighted by molar-refractivity contribution is 6.41. The van der Waals surface area contributed by atoms with Crippen LogP contribution in [0.15, 0.2) is 168 Å². The van der Waals surface area contributed by atoms with Crippen LogP contribution < -0.4 is 18.9 Å². The fourth-order valence-electron chi connectivity index (χ4n) is 11.1. The highest BCUT2D eigenvalue weighted by Gasteiger charge is 2.49. The number of H-pyrrole nitrogens is 2. The lowest BCUT2D eigenvalue weighted by molar-refractivity contribution is 0.0800. The summed E-state index contributed by atoms with van der Waals surface area (Å²) in [7, 11) is 6.58. The van der Waals surface area contributed by atoms with Crippen molar-refractivity contribution >= 4 is 79.9 Å². The first kappa shape index (κ1) is 49.3. The van der Waals surface area contributed by atoms with Gasteiger partial charge in [0.15, 0.2) is 12.2 Å². The monoisotopic (exact) mass is 1110 g/mol. The first-order valence-corrected chi connectivity index (χ1v) is 26.4. The van der Waals surface area contributed by atoms with Crippen molar-refractivity contribution in [1.82, 2.24) is 19.9 Å². The van der Waals surface area contributed by atoms with E-state index in [0.717, 1.165) is 66.6 Å². The molecule has 8 bridgehead atoms. The molecular weight excluding hydrogens is 1070 g/mol. The molecule has 0 radical (unpaired) electrons. The van der Waals surface area contributed by atoms with E-state index >= 15 is 0 Å². The summed E-state index contributed by atoms with van der Waals surface area (Å²) in [6.07, 6.45) is -1.52. The Morgan fingerprint density at radius 2 is 0.615 bits per heavy atom. The highest BCUT2D eigenvalue weighted by atomic mass is 35.5.